The lowest BCUT2D eigenvalue weighted by Gasteiger charge is -2.35. The van der Waals surface area contributed by atoms with E-state index in [0.717, 1.165) is 5.69 Å². The molecule has 0 radical (unpaired) electrons. The van der Waals surface area contributed by atoms with Crippen LogP contribution in [0.25, 0.3) is 66.1 Å². The van der Waals surface area contributed by atoms with Gasteiger partial charge in [0.05, 0.1) is 27.8 Å². The molecule has 3 heteroatoms. The number of para-hydroxylation sites is 3. The number of hydrogen-bond acceptors (Lipinski definition) is 0. The highest BCUT2D eigenvalue weighted by Gasteiger charge is 2.43. The highest BCUT2D eigenvalue weighted by Crippen LogP contribution is 2.43. The van der Waals surface area contributed by atoms with Gasteiger partial charge in [0.1, 0.15) is 0 Å². The van der Waals surface area contributed by atoms with Crippen LogP contribution >= 0.6 is 0 Å². The van der Waals surface area contributed by atoms with Crippen molar-refractivity contribution in [1.29, 1.82) is 0 Å². The normalized spacial score (nSPS) is 11.9. The molecular formula is C54H38N2Si. The Hall–Kier alpha value is -7.20. The van der Waals surface area contributed by atoms with Gasteiger partial charge in [-0.3, -0.25) is 0 Å². The van der Waals surface area contributed by atoms with Gasteiger partial charge in [0.2, 0.25) is 0 Å². The Bertz CT molecular complexity index is 3110. The van der Waals surface area contributed by atoms with Crippen molar-refractivity contribution in [3.8, 4) is 22.5 Å². The molecule has 0 fully saturated rings. The predicted molar refractivity (Wildman–Crippen MR) is 244 cm³/mol. The summed E-state index contributed by atoms with van der Waals surface area (Å²) < 4.78 is 5.02. The van der Waals surface area contributed by atoms with Gasteiger partial charge in [0, 0.05) is 32.8 Å². The maximum absolute atomic E-state index is 2.88. The lowest BCUT2D eigenvalue weighted by Crippen LogP contribution is -2.74. The average Bonchev–Trinajstić information content (AvgIpc) is 3.82. The van der Waals surface area contributed by atoms with Crippen molar-refractivity contribution in [2.75, 3.05) is 0 Å². The van der Waals surface area contributed by atoms with Crippen LogP contribution in [0.3, 0.4) is 0 Å². The summed E-state index contributed by atoms with van der Waals surface area (Å²) in [6.07, 6.45) is 0. The molecular weight excluding hydrogens is 705 g/mol. The molecule has 2 heterocycles. The molecule has 268 valence electrons. The molecule has 57 heavy (non-hydrogen) atoms. The largest absolute Gasteiger partial charge is 0.309 e. The molecule has 0 saturated carbocycles. The topological polar surface area (TPSA) is 9.86 Å². The van der Waals surface area contributed by atoms with Gasteiger partial charge < -0.3 is 9.13 Å². The lowest BCUT2D eigenvalue weighted by molar-refractivity contribution is 1.17. The van der Waals surface area contributed by atoms with Crippen LogP contribution in [0.2, 0.25) is 0 Å². The van der Waals surface area contributed by atoms with Crippen LogP contribution < -0.4 is 20.7 Å². The van der Waals surface area contributed by atoms with E-state index >= 15 is 0 Å². The quantitative estimate of drug-likeness (QED) is 0.114. The van der Waals surface area contributed by atoms with Crippen molar-refractivity contribution in [3.05, 3.63) is 231 Å². The Morgan fingerprint density at radius 3 is 1.35 bits per heavy atom. The Morgan fingerprint density at radius 2 is 0.772 bits per heavy atom. The van der Waals surface area contributed by atoms with Gasteiger partial charge in [0.15, 0.2) is 8.07 Å². The fourth-order valence-corrected chi connectivity index (χ4v) is 14.6. The van der Waals surface area contributed by atoms with Crippen LogP contribution in [-0.4, -0.2) is 17.2 Å². The average molecular weight is 743 g/mol. The van der Waals surface area contributed by atoms with E-state index in [4.69, 9.17) is 0 Å². The summed E-state index contributed by atoms with van der Waals surface area (Å²) in [4.78, 5) is 0. The van der Waals surface area contributed by atoms with Crippen molar-refractivity contribution < 1.29 is 0 Å². The third-order valence-corrected chi connectivity index (χ3v) is 16.7. The molecule has 0 aliphatic heterocycles. The van der Waals surface area contributed by atoms with E-state index in [9.17, 15) is 0 Å². The van der Waals surface area contributed by atoms with E-state index in [2.05, 4.69) is 240 Å². The fraction of sp³-hybridized carbons (Fsp3) is 0. The number of benzene rings is 9. The first-order valence-electron chi connectivity index (χ1n) is 19.7. The number of rotatable bonds is 7. The molecule has 0 aliphatic rings. The standard InChI is InChI=1S/C54H38N2Si/c1-6-21-39(22-7-1)44-37-38-50(53-46-32-17-18-33-47(46)55(54(44)53)40-23-8-2-9-24-40)56-48-34-19-16-31-45(48)52-49(56)35-20-36-51(52)57(41-25-10-3-11-26-41,42-27-12-4-13-28-42)43-29-14-5-15-30-43/h1-38H. The molecule has 0 spiro atoms. The van der Waals surface area contributed by atoms with Gasteiger partial charge in [-0.2, -0.15) is 0 Å². The molecule has 2 aromatic heterocycles. The van der Waals surface area contributed by atoms with Crippen LogP contribution in [0.15, 0.2) is 231 Å². The Kier molecular flexibility index (Phi) is 7.87. The molecule has 0 amide bonds. The van der Waals surface area contributed by atoms with Crippen molar-refractivity contribution >= 4 is 72.4 Å². The first kappa shape index (κ1) is 33.2. The summed E-state index contributed by atoms with van der Waals surface area (Å²) in [7, 11) is -2.88. The van der Waals surface area contributed by atoms with E-state index in [1.54, 1.807) is 0 Å². The highest BCUT2D eigenvalue weighted by molar-refractivity contribution is 7.20. The van der Waals surface area contributed by atoms with Crippen molar-refractivity contribution in [1.82, 2.24) is 9.13 Å². The van der Waals surface area contributed by atoms with Crippen LogP contribution in [0.4, 0.5) is 0 Å². The van der Waals surface area contributed by atoms with Crippen molar-refractivity contribution in [3.63, 3.8) is 0 Å². The van der Waals surface area contributed by atoms with Crippen molar-refractivity contribution in [2.45, 2.75) is 0 Å². The second-order valence-electron chi connectivity index (χ2n) is 14.8. The highest BCUT2D eigenvalue weighted by atomic mass is 28.3. The molecule has 0 saturated heterocycles. The van der Waals surface area contributed by atoms with Crippen LogP contribution in [0.1, 0.15) is 0 Å². The smallest absolute Gasteiger partial charge is 0.180 e. The van der Waals surface area contributed by atoms with E-state index in [1.807, 2.05) is 0 Å². The number of nitrogens with zero attached hydrogens (tertiary/aromatic N) is 2. The Morgan fingerprint density at radius 1 is 0.316 bits per heavy atom. The maximum Gasteiger partial charge on any atom is 0.180 e. The monoisotopic (exact) mass is 742 g/mol. The zero-order valence-corrected chi connectivity index (χ0v) is 32.3. The SMILES string of the molecule is c1ccc(-c2ccc(-n3c4ccccc4c4c([Si](c5ccccc5)(c5ccccc5)c5ccccc5)cccc43)c3c4ccccc4n(-c4ccccc4)c23)cc1. The van der Waals surface area contributed by atoms with Gasteiger partial charge >= 0.3 is 0 Å². The predicted octanol–water partition coefficient (Wildman–Crippen LogP) is 10.9. The second kappa shape index (κ2) is 13.5. The molecule has 0 unspecified atom stereocenters. The van der Waals surface area contributed by atoms with E-state index in [1.165, 1.54) is 81.2 Å². The van der Waals surface area contributed by atoms with Gasteiger partial charge in [-0.25, -0.2) is 0 Å². The summed E-state index contributed by atoms with van der Waals surface area (Å²) in [5, 5.41) is 10.5. The third kappa shape index (κ3) is 5.03. The molecule has 2 nitrogen and oxygen atoms in total. The first-order valence-corrected chi connectivity index (χ1v) is 21.7. The number of fused-ring (bicyclic) bond motifs is 6. The first-order chi connectivity index (χ1) is 28.3. The molecule has 11 rings (SSSR count). The zero-order valence-electron chi connectivity index (χ0n) is 31.3. The van der Waals surface area contributed by atoms with Crippen LogP contribution in [-0.2, 0) is 0 Å². The molecule has 0 bridgehead atoms. The lowest BCUT2D eigenvalue weighted by atomic mass is 10.0. The minimum absolute atomic E-state index is 1.15. The zero-order chi connectivity index (χ0) is 37.8. The van der Waals surface area contributed by atoms with Gasteiger partial charge in [-0.15, -0.1) is 0 Å². The van der Waals surface area contributed by atoms with E-state index in [0.29, 0.717) is 0 Å². The molecule has 0 aliphatic carbocycles. The minimum atomic E-state index is -2.88. The minimum Gasteiger partial charge on any atom is -0.309 e. The summed E-state index contributed by atoms with van der Waals surface area (Å²) in [5.41, 5.74) is 9.52. The van der Waals surface area contributed by atoms with E-state index in [-0.39, 0.29) is 0 Å². The van der Waals surface area contributed by atoms with Crippen LogP contribution in [0, 0.1) is 0 Å². The summed E-state index contributed by atoms with van der Waals surface area (Å²) >= 11 is 0. The Balaban J connectivity index is 1.32. The molecule has 0 N–H and O–H groups in total. The van der Waals surface area contributed by atoms with Crippen LogP contribution in [0.5, 0.6) is 0 Å². The van der Waals surface area contributed by atoms with Gasteiger partial charge in [0.25, 0.3) is 0 Å². The summed E-state index contributed by atoms with van der Waals surface area (Å²) in [5.74, 6) is 0. The summed E-state index contributed by atoms with van der Waals surface area (Å²) in [6.45, 7) is 0. The molecule has 0 atom stereocenters. The summed E-state index contributed by atoms with van der Waals surface area (Å²) in [6, 6.07) is 85.2. The number of hydrogen-bond donors (Lipinski definition) is 0. The van der Waals surface area contributed by atoms with Gasteiger partial charge in [-0.1, -0.05) is 194 Å². The number of aromatic nitrogens is 2. The fourth-order valence-electron chi connectivity index (χ4n) is 9.58. The second-order valence-corrected chi connectivity index (χ2v) is 18.6. The van der Waals surface area contributed by atoms with Gasteiger partial charge in [-0.05, 0) is 62.7 Å². The van der Waals surface area contributed by atoms with Crippen molar-refractivity contribution in [2.24, 2.45) is 0 Å². The maximum atomic E-state index is 2.55. The third-order valence-electron chi connectivity index (χ3n) is 11.9. The molecule has 9 aromatic carbocycles. The van der Waals surface area contributed by atoms with E-state index < -0.39 is 8.07 Å². The molecule has 11 aromatic rings. The Labute approximate surface area is 333 Å².